The minimum atomic E-state index is -2.98. The fourth-order valence-electron chi connectivity index (χ4n) is 2.95. The van der Waals surface area contributed by atoms with Crippen molar-refractivity contribution in [2.45, 2.75) is 25.8 Å². The smallest absolute Gasteiger partial charge is 0.201 e. The van der Waals surface area contributed by atoms with Crippen LogP contribution in [0, 0.1) is 6.92 Å². The first kappa shape index (κ1) is 12.5. The fraction of sp³-hybridized carbons (Fsp3) is 0.462. The molecule has 19 heavy (non-hydrogen) atoms. The number of imidazole rings is 1. The number of nitrogen functional groups attached to an aromatic ring is 1. The van der Waals surface area contributed by atoms with Gasteiger partial charge in [0, 0.05) is 0 Å². The second-order valence-corrected chi connectivity index (χ2v) is 7.82. The van der Waals surface area contributed by atoms with E-state index in [2.05, 4.69) is 4.98 Å². The minimum Gasteiger partial charge on any atom is -0.369 e. The van der Waals surface area contributed by atoms with Crippen LogP contribution < -0.4 is 5.73 Å². The van der Waals surface area contributed by atoms with Gasteiger partial charge in [0.1, 0.15) is 0 Å². The molecule has 1 atom stereocenters. The minimum absolute atomic E-state index is 0.129. The SMILES string of the molecule is Cc1ccc2c(c1)nc(N)n2C1(C)CCS(=O)(=O)C1. The van der Waals surface area contributed by atoms with Crippen LogP contribution in [0.15, 0.2) is 18.2 Å². The van der Waals surface area contributed by atoms with Crippen molar-refractivity contribution < 1.29 is 8.42 Å². The molecule has 2 N–H and O–H groups in total. The number of hydrogen-bond donors (Lipinski definition) is 1. The summed E-state index contributed by atoms with van der Waals surface area (Å²) >= 11 is 0. The Kier molecular flexibility index (Phi) is 2.44. The Morgan fingerprint density at radius 2 is 2.16 bits per heavy atom. The van der Waals surface area contributed by atoms with Crippen LogP contribution in [-0.2, 0) is 15.4 Å². The zero-order valence-electron chi connectivity index (χ0n) is 11.0. The average Bonchev–Trinajstić information content (AvgIpc) is 2.75. The molecule has 0 radical (unpaired) electrons. The number of nitrogens with zero attached hydrogens (tertiary/aromatic N) is 2. The molecule has 0 aliphatic carbocycles. The summed E-state index contributed by atoms with van der Waals surface area (Å²) in [6.45, 7) is 3.94. The Hall–Kier alpha value is -1.56. The van der Waals surface area contributed by atoms with E-state index in [-0.39, 0.29) is 11.5 Å². The van der Waals surface area contributed by atoms with Crippen molar-refractivity contribution in [3.05, 3.63) is 23.8 Å². The average molecular weight is 279 g/mol. The summed E-state index contributed by atoms with van der Waals surface area (Å²) < 4.78 is 25.4. The van der Waals surface area contributed by atoms with Gasteiger partial charge in [0.2, 0.25) is 5.95 Å². The number of fused-ring (bicyclic) bond motifs is 1. The van der Waals surface area contributed by atoms with Crippen LogP contribution in [0.4, 0.5) is 5.95 Å². The molecule has 1 aliphatic rings. The van der Waals surface area contributed by atoms with Crippen molar-refractivity contribution in [1.82, 2.24) is 9.55 Å². The molecule has 0 saturated carbocycles. The number of rotatable bonds is 1. The van der Waals surface area contributed by atoms with E-state index in [4.69, 9.17) is 5.73 Å². The zero-order valence-corrected chi connectivity index (χ0v) is 11.9. The van der Waals surface area contributed by atoms with E-state index in [1.54, 1.807) is 0 Å². The molecule has 6 heteroatoms. The number of sulfone groups is 1. The normalized spacial score (nSPS) is 26.0. The summed E-state index contributed by atoms with van der Waals surface area (Å²) in [4.78, 5) is 4.36. The first-order valence-corrected chi connectivity index (χ1v) is 8.08. The Morgan fingerprint density at radius 3 is 2.79 bits per heavy atom. The van der Waals surface area contributed by atoms with Gasteiger partial charge in [-0.15, -0.1) is 0 Å². The van der Waals surface area contributed by atoms with Gasteiger partial charge in [-0.2, -0.15) is 0 Å². The number of benzene rings is 1. The third-order valence-corrected chi connectivity index (χ3v) is 5.75. The van der Waals surface area contributed by atoms with E-state index in [1.165, 1.54) is 0 Å². The largest absolute Gasteiger partial charge is 0.369 e. The summed E-state index contributed by atoms with van der Waals surface area (Å²) in [5.41, 5.74) is 8.36. The van der Waals surface area contributed by atoms with Gasteiger partial charge < -0.3 is 10.3 Å². The van der Waals surface area contributed by atoms with Crippen molar-refractivity contribution >= 4 is 26.8 Å². The maximum Gasteiger partial charge on any atom is 0.201 e. The maximum absolute atomic E-state index is 11.8. The van der Waals surface area contributed by atoms with Crippen molar-refractivity contribution in [3.63, 3.8) is 0 Å². The van der Waals surface area contributed by atoms with Crippen molar-refractivity contribution in [2.24, 2.45) is 0 Å². The molecular weight excluding hydrogens is 262 g/mol. The second kappa shape index (κ2) is 3.72. The van der Waals surface area contributed by atoms with Gasteiger partial charge in [0.25, 0.3) is 0 Å². The fourth-order valence-corrected chi connectivity index (χ4v) is 5.06. The van der Waals surface area contributed by atoms with E-state index in [1.807, 2.05) is 36.6 Å². The zero-order chi connectivity index (χ0) is 13.8. The molecule has 1 aromatic heterocycles. The maximum atomic E-state index is 11.8. The van der Waals surface area contributed by atoms with Crippen LogP contribution in [0.5, 0.6) is 0 Å². The van der Waals surface area contributed by atoms with Gasteiger partial charge in [-0.1, -0.05) is 6.07 Å². The molecular formula is C13H17N3O2S. The molecule has 0 amide bonds. The summed E-state index contributed by atoms with van der Waals surface area (Å²) in [6, 6.07) is 5.92. The van der Waals surface area contributed by atoms with Crippen molar-refractivity contribution in [3.8, 4) is 0 Å². The van der Waals surface area contributed by atoms with Gasteiger partial charge in [-0.05, 0) is 38.0 Å². The third kappa shape index (κ3) is 1.90. The van der Waals surface area contributed by atoms with E-state index < -0.39 is 15.4 Å². The topological polar surface area (TPSA) is 78.0 Å². The summed E-state index contributed by atoms with van der Waals surface area (Å²) in [5, 5.41) is 0. The molecule has 1 aliphatic heterocycles. The predicted molar refractivity (Wildman–Crippen MR) is 75.8 cm³/mol. The van der Waals surface area contributed by atoms with Crippen LogP contribution in [-0.4, -0.2) is 29.5 Å². The number of hydrogen-bond acceptors (Lipinski definition) is 4. The number of aromatic nitrogens is 2. The molecule has 2 heterocycles. The Balaban J connectivity index is 2.23. The molecule has 0 spiro atoms. The second-order valence-electron chi connectivity index (χ2n) is 5.64. The molecule has 5 nitrogen and oxygen atoms in total. The molecule has 1 aromatic carbocycles. The van der Waals surface area contributed by atoms with E-state index in [0.29, 0.717) is 12.4 Å². The van der Waals surface area contributed by atoms with Gasteiger partial charge >= 0.3 is 0 Å². The van der Waals surface area contributed by atoms with Gasteiger partial charge in [0.05, 0.1) is 28.1 Å². The lowest BCUT2D eigenvalue weighted by Crippen LogP contribution is -2.32. The van der Waals surface area contributed by atoms with Crippen LogP contribution >= 0.6 is 0 Å². The molecule has 0 bridgehead atoms. The highest BCUT2D eigenvalue weighted by molar-refractivity contribution is 7.91. The molecule has 1 unspecified atom stereocenters. The van der Waals surface area contributed by atoms with Crippen LogP contribution in [0.25, 0.3) is 11.0 Å². The lowest BCUT2D eigenvalue weighted by atomic mass is 10.0. The molecule has 3 rings (SSSR count). The number of anilines is 1. The Bertz CT molecular complexity index is 764. The number of aryl methyl sites for hydroxylation is 1. The first-order valence-electron chi connectivity index (χ1n) is 6.26. The lowest BCUT2D eigenvalue weighted by molar-refractivity contribution is 0.381. The summed E-state index contributed by atoms with van der Waals surface area (Å²) in [5.74, 6) is 0.734. The monoisotopic (exact) mass is 279 g/mol. The quantitative estimate of drug-likeness (QED) is 0.857. The molecule has 1 fully saturated rings. The van der Waals surface area contributed by atoms with Crippen LogP contribution in [0.2, 0.25) is 0 Å². The van der Waals surface area contributed by atoms with Crippen LogP contribution in [0.3, 0.4) is 0 Å². The van der Waals surface area contributed by atoms with Crippen LogP contribution in [0.1, 0.15) is 18.9 Å². The molecule has 2 aromatic rings. The van der Waals surface area contributed by atoms with Crippen molar-refractivity contribution in [2.75, 3.05) is 17.2 Å². The highest BCUT2D eigenvalue weighted by Crippen LogP contribution is 2.35. The van der Waals surface area contributed by atoms with E-state index in [9.17, 15) is 8.42 Å². The molecule has 1 saturated heterocycles. The van der Waals surface area contributed by atoms with Gasteiger partial charge in [-0.3, -0.25) is 0 Å². The van der Waals surface area contributed by atoms with Crippen molar-refractivity contribution in [1.29, 1.82) is 0 Å². The van der Waals surface area contributed by atoms with E-state index >= 15 is 0 Å². The van der Waals surface area contributed by atoms with E-state index in [0.717, 1.165) is 16.6 Å². The summed E-state index contributed by atoms with van der Waals surface area (Å²) in [6.07, 6.45) is 0.582. The lowest BCUT2D eigenvalue weighted by Gasteiger charge is -2.26. The Labute approximate surface area is 112 Å². The summed E-state index contributed by atoms with van der Waals surface area (Å²) in [7, 11) is -2.98. The predicted octanol–water partition coefficient (Wildman–Crippen LogP) is 1.46. The highest BCUT2D eigenvalue weighted by Gasteiger charge is 2.41. The highest BCUT2D eigenvalue weighted by atomic mass is 32.2. The molecule has 102 valence electrons. The third-order valence-electron chi connectivity index (χ3n) is 3.86. The Morgan fingerprint density at radius 1 is 1.42 bits per heavy atom. The van der Waals surface area contributed by atoms with Gasteiger partial charge in [-0.25, -0.2) is 13.4 Å². The van der Waals surface area contributed by atoms with Gasteiger partial charge in [0.15, 0.2) is 9.84 Å². The first-order chi connectivity index (χ1) is 8.81. The standard InChI is InChI=1S/C13H17N3O2S/c1-9-3-4-11-10(7-9)15-12(14)16(11)13(2)5-6-19(17,18)8-13/h3-4,7H,5-6,8H2,1-2H3,(H2,14,15). The number of nitrogens with two attached hydrogens (primary N) is 1.